The highest BCUT2D eigenvalue weighted by molar-refractivity contribution is 6.08. The molecule has 3 atom stereocenters. The third-order valence-electron chi connectivity index (χ3n) is 8.33. The molecule has 0 aromatic heterocycles. The van der Waals surface area contributed by atoms with Crippen LogP contribution in [0.5, 0.6) is 0 Å². The van der Waals surface area contributed by atoms with Crippen molar-refractivity contribution in [3.63, 3.8) is 0 Å². The fraction of sp³-hybridized carbons (Fsp3) is 0.206. The Kier molecular flexibility index (Phi) is 6.19. The molecule has 5 aromatic carbocycles. The van der Waals surface area contributed by atoms with E-state index < -0.39 is 29.8 Å². The first kappa shape index (κ1) is 26.1. The van der Waals surface area contributed by atoms with E-state index in [0.29, 0.717) is 0 Å². The fourth-order valence-electron chi connectivity index (χ4n) is 6.40. The number of carbonyl (C=O) groups excluding carboxylic acids is 1. The van der Waals surface area contributed by atoms with Crippen molar-refractivity contribution < 1.29 is 22.7 Å². The van der Waals surface area contributed by atoms with Crippen LogP contribution in [-0.4, -0.2) is 24.1 Å². The molecule has 1 aliphatic heterocycles. The minimum absolute atomic E-state index is 0.254. The molecule has 0 aliphatic carbocycles. The number of amides is 1. The molecule has 5 aromatic rings. The summed E-state index contributed by atoms with van der Waals surface area (Å²) in [5.41, 5.74) is 0.0259. The maximum Gasteiger partial charge on any atom is 0.430 e. The minimum Gasteiger partial charge on any atom is -0.356 e. The molecule has 0 spiro atoms. The number of hydrogen-bond acceptors (Lipinski definition) is 2. The van der Waals surface area contributed by atoms with Crippen molar-refractivity contribution in [1.82, 2.24) is 4.90 Å². The molecular weight excluding hydrogens is 511 g/mol. The van der Waals surface area contributed by atoms with Crippen molar-refractivity contribution >= 4 is 27.5 Å². The van der Waals surface area contributed by atoms with Gasteiger partial charge in [-0.1, -0.05) is 103 Å². The van der Waals surface area contributed by atoms with E-state index in [0.717, 1.165) is 50.9 Å². The molecule has 1 amide bonds. The van der Waals surface area contributed by atoms with Gasteiger partial charge in [-0.3, -0.25) is 4.79 Å². The van der Waals surface area contributed by atoms with E-state index in [1.807, 2.05) is 72.8 Å². The Balaban J connectivity index is 1.69. The van der Waals surface area contributed by atoms with E-state index in [9.17, 15) is 4.79 Å². The first-order valence-corrected chi connectivity index (χ1v) is 13.2. The second-order valence-corrected chi connectivity index (χ2v) is 10.3. The highest BCUT2D eigenvalue weighted by atomic mass is 19.4. The van der Waals surface area contributed by atoms with Crippen LogP contribution in [0.15, 0.2) is 103 Å². The SMILES string of the molecule is CO[C@@](C(=O)N1[C@@H](C)c2ccc3ccccc3c2-c2c(ccc3ccccc23)[C@@H]1C)(c1ccccc1)C(F)(F)F. The molecule has 1 aliphatic rings. The summed E-state index contributed by atoms with van der Waals surface area (Å²) in [5.74, 6) is -1.14. The van der Waals surface area contributed by atoms with E-state index in [-0.39, 0.29) is 5.56 Å². The molecule has 0 N–H and O–H groups in total. The Hall–Kier alpha value is -4.16. The van der Waals surface area contributed by atoms with Gasteiger partial charge in [-0.2, -0.15) is 13.2 Å². The molecule has 3 nitrogen and oxygen atoms in total. The number of halogens is 3. The third-order valence-corrected chi connectivity index (χ3v) is 8.33. The van der Waals surface area contributed by atoms with Gasteiger partial charge in [-0.15, -0.1) is 0 Å². The second kappa shape index (κ2) is 9.49. The predicted molar refractivity (Wildman–Crippen MR) is 152 cm³/mol. The molecule has 6 rings (SSSR count). The van der Waals surface area contributed by atoms with Crippen LogP contribution < -0.4 is 0 Å². The van der Waals surface area contributed by atoms with Crippen molar-refractivity contribution in [2.24, 2.45) is 0 Å². The summed E-state index contributed by atoms with van der Waals surface area (Å²) < 4.78 is 50.4. The van der Waals surface area contributed by atoms with Gasteiger partial charge in [-0.05, 0) is 57.6 Å². The number of methoxy groups -OCH3 is 1. The van der Waals surface area contributed by atoms with Crippen LogP contribution >= 0.6 is 0 Å². The lowest BCUT2D eigenvalue weighted by Gasteiger charge is -2.42. The number of fused-ring (bicyclic) bond motifs is 7. The first-order chi connectivity index (χ1) is 19.2. The van der Waals surface area contributed by atoms with Gasteiger partial charge >= 0.3 is 6.18 Å². The monoisotopic (exact) mass is 539 g/mol. The van der Waals surface area contributed by atoms with Gasteiger partial charge in [0.15, 0.2) is 0 Å². The van der Waals surface area contributed by atoms with Gasteiger partial charge in [0.05, 0.1) is 12.1 Å². The maximum atomic E-state index is 15.1. The van der Waals surface area contributed by atoms with Crippen molar-refractivity contribution in [3.8, 4) is 11.1 Å². The Morgan fingerprint density at radius 1 is 0.675 bits per heavy atom. The summed E-state index contributed by atoms with van der Waals surface area (Å²) >= 11 is 0. The van der Waals surface area contributed by atoms with E-state index >= 15 is 13.2 Å². The lowest BCUT2D eigenvalue weighted by atomic mass is 9.86. The van der Waals surface area contributed by atoms with E-state index in [1.54, 1.807) is 19.9 Å². The zero-order chi connectivity index (χ0) is 28.2. The van der Waals surface area contributed by atoms with E-state index in [4.69, 9.17) is 4.74 Å². The average Bonchev–Trinajstić information content (AvgIpc) is 3.05. The zero-order valence-corrected chi connectivity index (χ0v) is 22.4. The lowest BCUT2D eigenvalue weighted by molar-refractivity contribution is -0.272. The van der Waals surface area contributed by atoms with Crippen molar-refractivity contribution in [1.29, 1.82) is 0 Å². The molecular formula is C34H28F3NO2. The number of benzene rings is 5. The second-order valence-electron chi connectivity index (χ2n) is 10.3. The number of rotatable bonds is 3. The molecule has 6 heteroatoms. The number of alkyl halides is 3. The van der Waals surface area contributed by atoms with E-state index in [2.05, 4.69) is 0 Å². The summed E-state index contributed by atoms with van der Waals surface area (Å²) in [4.78, 5) is 15.9. The highest BCUT2D eigenvalue weighted by Gasteiger charge is 2.64. The zero-order valence-electron chi connectivity index (χ0n) is 22.4. The van der Waals surface area contributed by atoms with Crippen LogP contribution in [0.2, 0.25) is 0 Å². The summed E-state index contributed by atoms with van der Waals surface area (Å²) in [6, 6.07) is 29.6. The molecule has 40 heavy (non-hydrogen) atoms. The van der Waals surface area contributed by atoms with Crippen molar-refractivity contribution in [3.05, 3.63) is 120 Å². The van der Waals surface area contributed by atoms with Crippen LogP contribution in [0.3, 0.4) is 0 Å². The average molecular weight is 540 g/mol. The molecule has 0 bridgehead atoms. The minimum atomic E-state index is -5.01. The number of carbonyl (C=O) groups is 1. The van der Waals surface area contributed by atoms with Crippen LogP contribution in [0.25, 0.3) is 32.7 Å². The van der Waals surface area contributed by atoms with Gasteiger partial charge < -0.3 is 9.64 Å². The maximum absolute atomic E-state index is 15.1. The van der Waals surface area contributed by atoms with Gasteiger partial charge in [0.2, 0.25) is 0 Å². The van der Waals surface area contributed by atoms with Crippen LogP contribution in [-0.2, 0) is 15.1 Å². The molecule has 202 valence electrons. The smallest absolute Gasteiger partial charge is 0.356 e. The van der Waals surface area contributed by atoms with Crippen LogP contribution in [0, 0.1) is 0 Å². The van der Waals surface area contributed by atoms with Crippen molar-refractivity contribution in [2.45, 2.75) is 37.7 Å². The third kappa shape index (κ3) is 3.66. The van der Waals surface area contributed by atoms with Crippen molar-refractivity contribution in [2.75, 3.05) is 7.11 Å². The Bertz CT molecular complexity index is 1660. The van der Waals surface area contributed by atoms with Gasteiger partial charge in [0, 0.05) is 12.7 Å². The quantitative estimate of drug-likeness (QED) is 0.229. The summed E-state index contributed by atoms with van der Waals surface area (Å²) in [6.07, 6.45) is -5.01. The Morgan fingerprint density at radius 3 is 1.57 bits per heavy atom. The normalized spacial score (nSPS) is 18.6. The molecule has 0 fully saturated rings. The number of ether oxygens (including phenoxy) is 1. The highest BCUT2D eigenvalue weighted by Crippen LogP contribution is 2.52. The summed E-state index contributed by atoms with van der Waals surface area (Å²) in [5, 5.41) is 4.02. The molecule has 0 unspecified atom stereocenters. The lowest BCUT2D eigenvalue weighted by Crippen LogP contribution is -2.57. The van der Waals surface area contributed by atoms with Gasteiger partial charge in [0.1, 0.15) is 0 Å². The van der Waals surface area contributed by atoms with Gasteiger partial charge in [-0.25, -0.2) is 0 Å². The standard InChI is InChI=1S/C34H28F3NO2/c1-21-26-19-17-23-11-7-9-15-28(23)30(26)31-27(20-18-24-12-8-10-16-29(24)31)22(2)38(21)32(39)33(40-3,34(35,36)37)25-13-5-4-6-14-25/h4-22H,1-3H3/t21-,22-,33+/m0/s1. The summed E-state index contributed by atoms with van der Waals surface area (Å²) in [7, 11) is 0.953. The number of hydrogen-bond donors (Lipinski definition) is 0. The molecule has 0 saturated carbocycles. The number of nitrogens with zero attached hydrogens (tertiary/aromatic N) is 1. The van der Waals surface area contributed by atoms with Crippen LogP contribution in [0.4, 0.5) is 13.2 Å². The Morgan fingerprint density at radius 2 is 1.12 bits per heavy atom. The molecule has 1 heterocycles. The molecule has 0 saturated heterocycles. The Labute approximate surface area is 230 Å². The van der Waals surface area contributed by atoms with Crippen LogP contribution in [0.1, 0.15) is 42.6 Å². The first-order valence-electron chi connectivity index (χ1n) is 13.2. The summed E-state index contributed by atoms with van der Waals surface area (Å²) in [6.45, 7) is 3.61. The largest absolute Gasteiger partial charge is 0.430 e. The molecule has 0 radical (unpaired) electrons. The topological polar surface area (TPSA) is 29.5 Å². The fourth-order valence-corrected chi connectivity index (χ4v) is 6.40. The van der Waals surface area contributed by atoms with E-state index in [1.165, 1.54) is 29.2 Å². The predicted octanol–water partition coefficient (Wildman–Crippen LogP) is 8.73. The van der Waals surface area contributed by atoms with Gasteiger partial charge in [0.25, 0.3) is 11.5 Å².